The van der Waals surface area contributed by atoms with E-state index in [1.54, 1.807) is 0 Å². The summed E-state index contributed by atoms with van der Waals surface area (Å²) in [6.45, 7) is 0. The number of methoxy groups -OCH3 is 1. The van der Waals surface area contributed by atoms with Gasteiger partial charge in [-0.25, -0.2) is 0 Å². The van der Waals surface area contributed by atoms with Crippen LogP contribution in [0.15, 0.2) is 17.0 Å². The van der Waals surface area contributed by atoms with E-state index in [1.807, 2.05) is 0 Å². The summed E-state index contributed by atoms with van der Waals surface area (Å²) in [5, 5.41) is 9.23. The molecule has 0 aliphatic rings. The van der Waals surface area contributed by atoms with Gasteiger partial charge in [-0.1, -0.05) is 0 Å². The Bertz CT molecular complexity index is 409. The molecular weight excluding hydrogens is 196 g/mol. The molecule has 0 saturated carbocycles. The van der Waals surface area contributed by atoms with E-state index in [1.165, 1.54) is 19.2 Å². The van der Waals surface area contributed by atoms with E-state index in [2.05, 4.69) is 10.8 Å². The monoisotopic (exact) mass is 203 g/mol. The van der Waals surface area contributed by atoms with Gasteiger partial charge < -0.3 is 9.84 Å². The Balaban J connectivity index is 3.41. The predicted molar refractivity (Wildman–Crippen MR) is 43.3 cm³/mol. The molecule has 1 aromatic rings. The molecule has 0 bridgehead atoms. The fourth-order valence-electron chi connectivity index (χ4n) is 0.814. The van der Waals surface area contributed by atoms with Crippen LogP contribution < -0.4 is 4.74 Å². The maximum Gasteiger partial charge on any atom is 0.298 e. The lowest BCUT2D eigenvalue weighted by molar-refractivity contribution is 0.364. The highest BCUT2D eigenvalue weighted by molar-refractivity contribution is 7.86. The highest BCUT2D eigenvalue weighted by atomic mass is 32.2. The average Bonchev–Trinajstić information content (AvgIpc) is 2.02. The number of phenols is 1. The zero-order chi connectivity index (χ0) is 10.1. The Labute approximate surface area is 75.3 Å². The lowest BCUT2D eigenvalue weighted by Gasteiger charge is -2.04. The van der Waals surface area contributed by atoms with Crippen molar-refractivity contribution in [2.24, 2.45) is 0 Å². The summed E-state index contributed by atoms with van der Waals surface area (Å²) in [4.78, 5) is -0.688. The van der Waals surface area contributed by atoms with Gasteiger partial charge in [0, 0.05) is 6.07 Å². The van der Waals surface area contributed by atoms with Gasteiger partial charge in [-0.2, -0.15) is 8.42 Å². The SMILES string of the molecule is COc1cc[c]c(S(=O)(=O)O)c1O. The molecule has 1 radical (unpaired) electrons. The molecular formula is C7H7O5S. The van der Waals surface area contributed by atoms with Gasteiger partial charge in [-0.15, -0.1) is 0 Å². The summed E-state index contributed by atoms with van der Waals surface area (Å²) < 4.78 is 34.5. The van der Waals surface area contributed by atoms with Crippen LogP contribution in [0, 0.1) is 6.07 Å². The molecule has 1 aromatic carbocycles. The number of ether oxygens (including phenoxy) is 1. The third-order valence-electron chi connectivity index (χ3n) is 1.38. The Morgan fingerprint density at radius 3 is 2.62 bits per heavy atom. The summed E-state index contributed by atoms with van der Waals surface area (Å²) in [7, 11) is -3.18. The molecule has 0 aromatic heterocycles. The van der Waals surface area contributed by atoms with Gasteiger partial charge >= 0.3 is 0 Å². The minimum Gasteiger partial charge on any atom is -0.503 e. The summed E-state index contributed by atoms with van der Waals surface area (Å²) in [5.41, 5.74) is 0. The predicted octanol–water partition coefficient (Wildman–Crippen LogP) is 0.448. The van der Waals surface area contributed by atoms with Crippen molar-refractivity contribution in [1.82, 2.24) is 0 Å². The number of phenolic OH excluding ortho intramolecular Hbond substituents is 1. The molecule has 0 fully saturated rings. The van der Waals surface area contributed by atoms with Crippen LogP contribution in [0.4, 0.5) is 0 Å². The zero-order valence-electron chi connectivity index (χ0n) is 6.68. The van der Waals surface area contributed by atoms with Crippen molar-refractivity contribution >= 4 is 10.1 Å². The molecule has 0 spiro atoms. The van der Waals surface area contributed by atoms with Crippen LogP contribution >= 0.6 is 0 Å². The smallest absolute Gasteiger partial charge is 0.298 e. The molecule has 71 valence electrons. The molecule has 0 amide bonds. The summed E-state index contributed by atoms with van der Waals surface area (Å²) in [5.74, 6) is -0.682. The maximum atomic E-state index is 10.6. The zero-order valence-corrected chi connectivity index (χ0v) is 7.50. The summed E-state index contributed by atoms with van der Waals surface area (Å²) >= 11 is 0. The van der Waals surface area contributed by atoms with Gasteiger partial charge in [0.25, 0.3) is 10.1 Å². The third-order valence-corrected chi connectivity index (χ3v) is 2.20. The fourth-order valence-corrected chi connectivity index (χ4v) is 1.38. The number of hydrogen-bond donors (Lipinski definition) is 2. The van der Waals surface area contributed by atoms with Crippen molar-refractivity contribution in [3.8, 4) is 11.5 Å². The molecule has 6 heteroatoms. The molecule has 0 aliphatic heterocycles. The topological polar surface area (TPSA) is 83.8 Å². The van der Waals surface area contributed by atoms with Gasteiger partial charge in [0.1, 0.15) is 4.90 Å². The van der Waals surface area contributed by atoms with Crippen LogP contribution in [0.5, 0.6) is 11.5 Å². The van der Waals surface area contributed by atoms with Crippen molar-refractivity contribution in [3.05, 3.63) is 18.2 Å². The minimum atomic E-state index is -4.45. The van der Waals surface area contributed by atoms with Crippen LogP contribution in [0.3, 0.4) is 0 Å². The van der Waals surface area contributed by atoms with Crippen molar-refractivity contribution in [3.63, 3.8) is 0 Å². The van der Waals surface area contributed by atoms with Crippen LogP contribution in [0.25, 0.3) is 0 Å². The molecule has 0 unspecified atom stereocenters. The Hall–Kier alpha value is -1.27. The molecule has 2 N–H and O–H groups in total. The normalized spacial score (nSPS) is 11.2. The van der Waals surface area contributed by atoms with Crippen molar-refractivity contribution in [2.75, 3.05) is 7.11 Å². The van der Waals surface area contributed by atoms with Crippen LogP contribution in [-0.4, -0.2) is 25.2 Å². The average molecular weight is 203 g/mol. The molecule has 5 nitrogen and oxygen atoms in total. The highest BCUT2D eigenvalue weighted by Gasteiger charge is 2.18. The number of aromatic hydroxyl groups is 1. The van der Waals surface area contributed by atoms with Gasteiger partial charge in [-0.3, -0.25) is 4.55 Å². The second kappa shape index (κ2) is 3.23. The Morgan fingerprint density at radius 2 is 2.15 bits per heavy atom. The van der Waals surface area contributed by atoms with E-state index in [-0.39, 0.29) is 5.75 Å². The first-order valence-electron chi connectivity index (χ1n) is 3.22. The Kier molecular flexibility index (Phi) is 2.44. The first-order chi connectivity index (χ1) is 5.96. The largest absolute Gasteiger partial charge is 0.503 e. The van der Waals surface area contributed by atoms with Crippen molar-refractivity contribution < 1.29 is 22.8 Å². The van der Waals surface area contributed by atoms with E-state index in [4.69, 9.17) is 4.55 Å². The minimum absolute atomic E-state index is 0.0358. The van der Waals surface area contributed by atoms with E-state index in [9.17, 15) is 13.5 Å². The van der Waals surface area contributed by atoms with E-state index < -0.39 is 20.8 Å². The molecule has 0 atom stereocenters. The van der Waals surface area contributed by atoms with Crippen LogP contribution in [0.1, 0.15) is 0 Å². The molecule has 1 rings (SSSR count). The van der Waals surface area contributed by atoms with Crippen molar-refractivity contribution in [1.29, 1.82) is 0 Å². The first kappa shape index (κ1) is 9.82. The molecule has 0 heterocycles. The lowest BCUT2D eigenvalue weighted by atomic mass is 10.3. The second-order valence-electron chi connectivity index (χ2n) is 2.20. The van der Waals surface area contributed by atoms with Gasteiger partial charge in [-0.05, 0) is 12.1 Å². The van der Waals surface area contributed by atoms with Crippen molar-refractivity contribution in [2.45, 2.75) is 4.90 Å². The van der Waals surface area contributed by atoms with E-state index in [0.717, 1.165) is 0 Å². The van der Waals surface area contributed by atoms with E-state index in [0.29, 0.717) is 0 Å². The number of rotatable bonds is 2. The van der Waals surface area contributed by atoms with Crippen LogP contribution in [-0.2, 0) is 10.1 Å². The summed E-state index contributed by atoms with van der Waals surface area (Å²) in [6, 6.07) is 4.73. The summed E-state index contributed by atoms with van der Waals surface area (Å²) in [6.07, 6.45) is 0. The van der Waals surface area contributed by atoms with E-state index >= 15 is 0 Å². The molecule has 13 heavy (non-hydrogen) atoms. The lowest BCUT2D eigenvalue weighted by Crippen LogP contribution is -1.99. The first-order valence-corrected chi connectivity index (χ1v) is 4.66. The second-order valence-corrected chi connectivity index (χ2v) is 3.56. The van der Waals surface area contributed by atoms with Gasteiger partial charge in [0.05, 0.1) is 7.11 Å². The van der Waals surface area contributed by atoms with Gasteiger partial charge in [0.2, 0.25) is 0 Å². The van der Waals surface area contributed by atoms with Gasteiger partial charge in [0.15, 0.2) is 11.5 Å². The molecule has 0 saturated heterocycles. The number of hydrogen-bond acceptors (Lipinski definition) is 4. The van der Waals surface area contributed by atoms with Crippen LogP contribution in [0.2, 0.25) is 0 Å². The standard InChI is InChI=1S/C7H7O5S/c1-12-5-3-2-4-6(7(5)8)13(9,10)11/h2-3,8H,1H3,(H,9,10,11). The fraction of sp³-hybridized carbons (Fsp3) is 0.143. The quantitative estimate of drug-likeness (QED) is 0.681. The third kappa shape index (κ3) is 1.90. The number of benzene rings is 1. The maximum absolute atomic E-state index is 10.6. The Morgan fingerprint density at radius 1 is 1.54 bits per heavy atom. The highest BCUT2D eigenvalue weighted by Crippen LogP contribution is 2.31. The molecule has 0 aliphatic carbocycles.